The fraction of sp³-hybridized carbons (Fsp3) is 0.133. The lowest BCUT2D eigenvalue weighted by Crippen LogP contribution is -2.31. The molecule has 0 aliphatic heterocycles. The van der Waals surface area contributed by atoms with Crippen molar-refractivity contribution in [1.29, 1.82) is 0 Å². The average molecular weight is 274 g/mol. The van der Waals surface area contributed by atoms with Crippen LogP contribution in [0.15, 0.2) is 42.5 Å². The average Bonchev–Trinajstić information content (AvgIpc) is 2.41. The first-order chi connectivity index (χ1) is 9.54. The second kappa shape index (κ2) is 5.61. The summed E-state index contributed by atoms with van der Waals surface area (Å²) in [5.41, 5.74) is 6.92. The van der Waals surface area contributed by atoms with Gasteiger partial charge in [0.1, 0.15) is 11.6 Å². The number of rotatable bonds is 3. The van der Waals surface area contributed by atoms with Gasteiger partial charge < -0.3 is 15.7 Å². The maximum Gasteiger partial charge on any atom is 0.262 e. The van der Waals surface area contributed by atoms with Gasteiger partial charge in [0, 0.05) is 12.6 Å². The van der Waals surface area contributed by atoms with Crippen LogP contribution in [0.25, 0.3) is 0 Å². The molecule has 0 atom stereocenters. The van der Waals surface area contributed by atoms with Crippen LogP contribution in [-0.2, 0) is 0 Å². The number of nitrogens with zero attached hydrogens (tertiary/aromatic N) is 1. The summed E-state index contributed by atoms with van der Waals surface area (Å²) in [4.78, 5) is 13.9. The Morgan fingerprint density at radius 3 is 2.60 bits per heavy atom. The Hall–Kier alpha value is -2.56. The van der Waals surface area contributed by atoms with Gasteiger partial charge in [-0.05, 0) is 31.2 Å². The topological polar surface area (TPSA) is 66.6 Å². The molecule has 0 radical (unpaired) electrons. The van der Waals surface area contributed by atoms with Crippen molar-refractivity contribution >= 4 is 17.3 Å². The van der Waals surface area contributed by atoms with Crippen molar-refractivity contribution in [3.8, 4) is 5.75 Å². The molecule has 0 aliphatic carbocycles. The fourth-order valence-electron chi connectivity index (χ4n) is 1.99. The van der Waals surface area contributed by atoms with Gasteiger partial charge in [-0.25, -0.2) is 4.39 Å². The number of phenols is 1. The van der Waals surface area contributed by atoms with Crippen molar-refractivity contribution in [2.75, 3.05) is 17.2 Å². The van der Waals surface area contributed by atoms with Crippen molar-refractivity contribution in [1.82, 2.24) is 0 Å². The molecule has 2 rings (SSSR count). The highest BCUT2D eigenvalue weighted by Gasteiger charge is 2.20. The summed E-state index contributed by atoms with van der Waals surface area (Å²) in [6, 6.07) is 10.3. The van der Waals surface area contributed by atoms with Gasteiger partial charge in [-0.2, -0.15) is 0 Å². The molecule has 0 unspecified atom stereocenters. The molecule has 0 aliphatic rings. The lowest BCUT2D eigenvalue weighted by atomic mass is 10.1. The number of aromatic hydroxyl groups is 1. The Balaban J connectivity index is 2.42. The van der Waals surface area contributed by atoms with E-state index in [0.717, 1.165) is 12.1 Å². The fourth-order valence-corrected chi connectivity index (χ4v) is 1.99. The van der Waals surface area contributed by atoms with Gasteiger partial charge in [-0.3, -0.25) is 4.79 Å². The zero-order chi connectivity index (χ0) is 14.7. The highest BCUT2D eigenvalue weighted by molar-refractivity contribution is 6.09. The van der Waals surface area contributed by atoms with Gasteiger partial charge in [-0.1, -0.05) is 12.1 Å². The molecule has 5 heteroatoms. The lowest BCUT2D eigenvalue weighted by Gasteiger charge is -2.23. The molecule has 20 heavy (non-hydrogen) atoms. The van der Waals surface area contributed by atoms with E-state index in [1.807, 2.05) is 0 Å². The number of phenolic OH excluding ortho intramolecular Hbond substituents is 1. The molecular formula is C15H15FN2O2. The molecule has 4 nitrogen and oxygen atoms in total. The monoisotopic (exact) mass is 274 g/mol. The van der Waals surface area contributed by atoms with E-state index in [-0.39, 0.29) is 11.3 Å². The smallest absolute Gasteiger partial charge is 0.262 e. The van der Waals surface area contributed by atoms with Crippen LogP contribution in [0, 0.1) is 5.82 Å². The quantitative estimate of drug-likeness (QED) is 0.846. The number of carbonyl (C=O) groups is 1. The van der Waals surface area contributed by atoms with Crippen LogP contribution in [0.5, 0.6) is 5.75 Å². The molecule has 0 spiro atoms. The van der Waals surface area contributed by atoms with E-state index in [2.05, 4.69) is 0 Å². The molecule has 0 aromatic heterocycles. The van der Waals surface area contributed by atoms with Crippen molar-refractivity contribution in [2.24, 2.45) is 0 Å². The van der Waals surface area contributed by atoms with Crippen LogP contribution in [0.3, 0.4) is 0 Å². The molecule has 0 saturated heterocycles. The van der Waals surface area contributed by atoms with Crippen molar-refractivity contribution in [3.05, 3.63) is 53.8 Å². The molecule has 2 aromatic carbocycles. The second-order valence-electron chi connectivity index (χ2n) is 4.27. The second-order valence-corrected chi connectivity index (χ2v) is 4.27. The summed E-state index contributed by atoms with van der Waals surface area (Å²) in [5, 5.41) is 9.70. The first-order valence-corrected chi connectivity index (χ1v) is 6.19. The predicted octanol–water partition coefficient (Wildman–Crippen LogP) is 2.78. The van der Waals surface area contributed by atoms with E-state index >= 15 is 0 Å². The van der Waals surface area contributed by atoms with Crippen molar-refractivity contribution < 1.29 is 14.3 Å². The van der Waals surface area contributed by atoms with Gasteiger partial charge in [0.25, 0.3) is 5.91 Å². The maximum atomic E-state index is 13.0. The standard InChI is InChI=1S/C15H15FN2O2/c1-2-18(13-6-4-3-5-12(13)17)15(20)11-8-7-10(16)9-14(11)19/h3-9,19H,2,17H2,1H3. The number of anilines is 2. The van der Waals surface area contributed by atoms with Gasteiger partial charge in [0.2, 0.25) is 0 Å². The van der Waals surface area contributed by atoms with Crippen molar-refractivity contribution in [2.45, 2.75) is 6.92 Å². The minimum Gasteiger partial charge on any atom is -0.507 e. The Morgan fingerprint density at radius 2 is 2.00 bits per heavy atom. The zero-order valence-corrected chi connectivity index (χ0v) is 11.0. The largest absolute Gasteiger partial charge is 0.507 e. The SMILES string of the molecule is CCN(C(=O)c1ccc(F)cc1O)c1ccccc1N. The summed E-state index contributed by atoms with van der Waals surface area (Å²) in [7, 11) is 0. The number of hydrogen-bond donors (Lipinski definition) is 2. The van der Waals surface area contributed by atoms with E-state index in [1.165, 1.54) is 11.0 Å². The van der Waals surface area contributed by atoms with E-state index in [1.54, 1.807) is 31.2 Å². The van der Waals surface area contributed by atoms with Crippen LogP contribution in [0.4, 0.5) is 15.8 Å². The minimum atomic E-state index is -0.596. The maximum absolute atomic E-state index is 13.0. The summed E-state index contributed by atoms with van der Waals surface area (Å²) in [6.07, 6.45) is 0. The highest BCUT2D eigenvalue weighted by atomic mass is 19.1. The van der Waals surface area contributed by atoms with Gasteiger partial charge in [0.05, 0.1) is 16.9 Å². The number of carbonyl (C=O) groups excluding carboxylic acids is 1. The van der Waals surface area contributed by atoms with Crippen LogP contribution < -0.4 is 10.6 Å². The highest BCUT2D eigenvalue weighted by Crippen LogP contribution is 2.27. The van der Waals surface area contributed by atoms with Gasteiger partial charge in [0.15, 0.2) is 0 Å². The number of para-hydroxylation sites is 2. The number of halogens is 1. The summed E-state index contributed by atoms with van der Waals surface area (Å²) in [6.45, 7) is 2.18. The van der Waals surface area contributed by atoms with Crippen LogP contribution in [0.1, 0.15) is 17.3 Å². The molecule has 104 valence electrons. The predicted molar refractivity (Wildman–Crippen MR) is 76.3 cm³/mol. The molecule has 1 amide bonds. The third kappa shape index (κ3) is 2.56. The van der Waals surface area contributed by atoms with Crippen LogP contribution in [0.2, 0.25) is 0 Å². The summed E-state index contributed by atoms with van der Waals surface area (Å²) < 4.78 is 13.0. The van der Waals surface area contributed by atoms with E-state index in [4.69, 9.17) is 5.73 Å². The van der Waals surface area contributed by atoms with E-state index in [9.17, 15) is 14.3 Å². The number of benzene rings is 2. The van der Waals surface area contributed by atoms with E-state index < -0.39 is 11.7 Å². The van der Waals surface area contributed by atoms with Gasteiger partial charge >= 0.3 is 0 Å². The normalized spacial score (nSPS) is 10.3. The molecule has 0 heterocycles. The molecular weight excluding hydrogens is 259 g/mol. The van der Waals surface area contributed by atoms with Crippen LogP contribution in [-0.4, -0.2) is 17.6 Å². The lowest BCUT2D eigenvalue weighted by molar-refractivity contribution is 0.0986. The third-order valence-electron chi connectivity index (χ3n) is 2.98. The number of amides is 1. The Labute approximate surface area is 116 Å². The molecule has 0 saturated carbocycles. The molecule has 3 N–H and O–H groups in total. The minimum absolute atomic E-state index is 0.0384. The summed E-state index contributed by atoms with van der Waals surface area (Å²) >= 11 is 0. The first-order valence-electron chi connectivity index (χ1n) is 6.19. The van der Waals surface area contributed by atoms with E-state index in [0.29, 0.717) is 17.9 Å². The molecule has 0 bridgehead atoms. The Bertz CT molecular complexity index is 644. The van der Waals surface area contributed by atoms with Gasteiger partial charge in [-0.15, -0.1) is 0 Å². The third-order valence-corrected chi connectivity index (χ3v) is 2.98. The summed E-state index contributed by atoms with van der Waals surface area (Å²) in [5.74, 6) is -1.41. The Kier molecular flexibility index (Phi) is 3.89. The number of nitrogens with two attached hydrogens (primary N) is 1. The Morgan fingerprint density at radius 1 is 1.30 bits per heavy atom. The van der Waals surface area contributed by atoms with Crippen molar-refractivity contribution in [3.63, 3.8) is 0 Å². The number of hydrogen-bond acceptors (Lipinski definition) is 3. The first kappa shape index (κ1) is 13.9. The number of nitrogen functional groups attached to an aromatic ring is 1. The molecule has 0 fully saturated rings. The molecule has 2 aromatic rings. The zero-order valence-electron chi connectivity index (χ0n) is 11.0. The van der Waals surface area contributed by atoms with Crippen LogP contribution >= 0.6 is 0 Å².